The first-order valence-corrected chi connectivity index (χ1v) is 6.40. The second-order valence-corrected chi connectivity index (χ2v) is 4.96. The maximum absolute atomic E-state index is 12.4. The number of ketones is 1. The van der Waals surface area contributed by atoms with E-state index in [1.807, 2.05) is 27.7 Å². The van der Waals surface area contributed by atoms with Crippen molar-refractivity contribution in [3.8, 4) is 0 Å². The first kappa shape index (κ1) is 19.4. The minimum Gasteiger partial charge on any atom is -0.343 e. The second kappa shape index (κ2) is 9.03. The van der Waals surface area contributed by atoms with Gasteiger partial charge in [0, 0.05) is 0 Å². The molecular formula is C13H27FN2O2. The largest absolute Gasteiger partial charge is 0.343 e. The summed E-state index contributed by atoms with van der Waals surface area (Å²) in [5.74, 6) is -0.459. The lowest BCUT2D eigenvalue weighted by atomic mass is 9.98. The van der Waals surface area contributed by atoms with Gasteiger partial charge >= 0.3 is 0 Å². The molecule has 1 atom stereocenters. The second-order valence-electron chi connectivity index (χ2n) is 4.96. The summed E-state index contributed by atoms with van der Waals surface area (Å²) in [5.41, 5.74) is 0.516. The van der Waals surface area contributed by atoms with Gasteiger partial charge in [0.05, 0.1) is 5.54 Å². The van der Waals surface area contributed by atoms with E-state index in [9.17, 15) is 14.1 Å². The van der Waals surface area contributed by atoms with E-state index in [0.29, 0.717) is 6.42 Å². The smallest absolute Gasteiger partial charge is 0.240 e. The summed E-state index contributed by atoms with van der Waals surface area (Å²) in [5, 5.41) is 2.52. The molecule has 0 saturated carbocycles. The lowest BCUT2D eigenvalue weighted by Gasteiger charge is -2.26. The highest BCUT2D eigenvalue weighted by Gasteiger charge is 2.29. The van der Waals surface area contributed by atoms with Crippen molar-refractivity contribution in [1.82, 2.24) is 10.9 Å². The Hall–Kier alpha value is -0.970. The number of rotatable bonds is 6. The summed E-state index contributed by atoms with van der Waals surface area (Å²) in [6, 6.07) is -0.904. The maximum Gasteiger partial charge on any atom is 0.240 e. The van der Waals surface area contributed by atoms with Gasteiger partial charge in [0.2, 0.25) is 5.91 Å². The molecule has 5 heteroatoms. The van der Waals surface area contributed by atoms with Gasteiger partial charge in [-0.1, -0.05) is 27.7 Å². The summed E-state index contributed by atoms with van der Waals surface area (Å²) in [6.07, 6.45) is 0.385. The molecule has 0 fully saturated rings. The molecule has 0 saturated heterocycles. The van der Waals surface area contributed by atoms with Crippen LogP contribution in [0.15, 0.2) is 0 Å². The molecule has 0 rings (SSSR count). The Balaban J connectivity index is 0. The number of carbonyl (C=O) groups is 2. The van der Waals surface area contributed by atoms with Crippen molar-refractivity contribution in [2.24, 2.45) is 5.92 Å². The van der Waals surface area contributed by atoms with Crippen molar-refractivity contribution in [3.63, 3.8) is 0 Å². The number of hydrogen-bond donors (Lipinski definition) is 2. The van der Waals surface area contributed by atoms with E-state index < -0.39 is 17.5 Å². The lowest BCUT2D eigenvalue weighted by molar-refractivity contribution is -0.132. The van der Waals surface area contributed by atoms with E-state index >= 15 is 0 Å². The Labute approximate surface area is 110 Å². The summed E-state index contributed by atoms with van der Waals surface area (Å²) < 4.78 is 12.4. The van der Waals surface area contributed by atoms with E-state index in [1.54, 1.807) is 13.8 Å². The number of amides is 1. The molecule has 0 aliphatic rings. The van der Waals surface area contributed by atoms with E-state index in [4.69, 9.17) is 0 Å². The highest BCUT2D eigenvalue weighted by atomic mass is 19.2. The fourth-order valence-electron chi connectivity index (χ4n) is 1.16. The Morgan fingerprint density at radius 1 is 1.22 bits per heavy atom. The molecule has 0 aromatic carbocycles. The van der Waals surface area contributed by atoms with Crippen LogP contribution in [-0.4, -0.2) is 23.3 Å². The summed E-state index contributed by atoms with van der Waals surface area (Å²) >= 11 is 0. The summed E-state index contributed by atoms with van der Waals surface area (Å²) in [6.45, 7) is 12.4. The third kappa shape index (κ3) is 7.37. The highest BCUT2D eigenvalue weighted by molar-refractivity contribution is 5.92. The number of halogens is 1. The van der Waals surface area contributed by atoms with Crippen LogP contribution in [0, 0.1) is 5.92 Å². The van der Waals surface area contributed by atoms with Crippen LogP contribution in [0.1, 0.15) is 54.9 Å². The van der Waals surface area contributed by atoms with Crippen molar-refractivity contribution in [1.29, 1.82) is 0 Å². The minimum atomic E-state index is -0.955. The van der Waals surface area contributed by atoms with Gasteiger partial charge in [-0.3, -0.25) is 9.59 Å². The summed E-state index contributed by atoms with van der Waals surface area (Å²) in [4.78, 5) is 22.9. The van der Waals surface area contributed by atoms with Crippen molar-refractivity contribution < 1.29 is 14.1 Å². The van der Waals surface area contributed by atoms with Crippen LogP contribution in [0.4, 0.5) is 4.48 Å². The molecule has 0 heterocycles. The van der Waals surface area contributed by atoms with E-state index in [-0.39, 0.29) is 11.7 Å². The molecule has 0 aromatic heterocycles. The van der Waals surface area contributed by atoms with E-state index in [2.05, 4.69) is 5.32 Å². The molecule has 1 unspecified atom stereocenters. The molecule has 0 aliphatic heterocycles. The number of carbonyl (C=O) groups excluding carboxylic acids is 2. The van der Waals surface area contributed by atoms with E-state index in [0.717, 1.165) is 0 Å². The zero-order valence-corrected chi connectivity index (χ0v) is 12.6. The van der Waals surface area contributed by atoms with Crippen LogP contribution in [-0.2, 0) is 9.59 Å². The summed E-state index contributed by atoms with van der Waals surface area (Å²) in [7, 11) is 0. The average molecular weight is 262 g/mol. The maximum atomic E-state index is 12.4. The Morgan fingerprint density at radius 3 is 1.94 bits per heavy atom. The van der Waals surface area contributed by atoms with Crippen LogP contribution < -0.4 is 10.9 Å². The SMILES string of the molecule is CC.CC(=O)C(C)(C)NC(=O)C(CC(C)C)NF. The van der Waals surface area contributed by atoms with Gasteiger partial charge < -0.3 is 5.32 Å². The molecule has 0 aromatic rings. The normalized spacial score (nSPS) is 12.5. The van der Waals surface area contributed by atoms with Crippen LogP contribution in [0.2, 0.25) is 0 Å². The minimum absolute atomic E-state index is 0.164. The monoisotopic (exact) mass is 262 g/mol. The number of nitrogens with one attached hydrogen (secondary N) is 2. The third-order valence-corrected chi connectivity index (χ3v) is 2.47. The first-order chi connectivity index (χ1) is 8.20. The van der Waals surface area contributed by atoms with Crippen molar-refractivity contribution in [2.45, 2.75) is 66.5 Å². The first-order valence-electron chi connectivity index (χ1n) is 6.40. The van der Waals surface area contributed by atoms with Gasteiger partial charge in [-0.05, 0) is 33.1 Å². The highest BCUT2D eigenvalue weighted by Crippen LogP contribution is 2.08. The fraction of sp³-hybridized carbons (Fsp3) is 0.846. The molecule has 108 valence electrons. The molecule has 1 amide bonds. The fourth-order valence-corrected chi connectivity index (χ4v) is 1.16. The zero-order valence-electron chi connectivity index (χ0n) is 12.6. The van der Waals surface area contributed by atoms with Gasteiger partial charge in [-0.2, -0.15) is 0 Å². The molecule has 0 spiro atoms. The Bertz CT molecular complexity index is 266. The topological polar surface area (TPSA) is 58.2 Å². The van der Waals surface area contributed by atoms with Crippen molar-refractivity contribution >= 4 is 11.7 Å². The van der Waals surface area contributed by atoms with Crippen LogP contribution in [0.3, 0.4) is 0 Å². The van der Waals surface area contributed by atoms with Crippen molar-refractivity contribution in [3.05, 3.63) is 0 Å². The number of Topliss-reactive ketones (excluding diaryl/α,β-unsaturated/α-hetero) is 1. The lowest BCUT2D eigenvalue weighted by Crippen LogP contribution is -2.54. The van der Waals surface area contributed by atoms with Gasteiger partial charge in [0.25, 0.3) is 0 Å². The number of hydrogen-bond acceptors (Lipinski definition) is 3. The van der Waals surface area contributed by atoms with Gasteiger partial charge in [-0.15, -0.1) is 10.0 Å². The molecule has 0 radical (unpaired) electrons. The zero-order chi connectivity index (χ0) is 14.9. The molecule has 0 aliphatic carbocycles. The Kier molecular flexibility index (Phi) is 9.71. The standard InChI is InChI=1S/C11H21FN2O2.C2H6/c1-7(2)6-9(14-12)10(16)13-11(4,5)8(3)15;1-2/h7,9,14H,6H2,1-5H3,(H,13,16);1-2H3. The molecule has 18 heavy (non-hydrogen) atoms. The van der Waals surface area contributed by atoms with Gasteiger partial charge in [0.1, 0.15) is 6.04 Å². The van der Waals surface area contributed by atoms with E-state index in [1.165, 1.54) is 12.5 Å². The molecule has 4 nitrogen and oxygen atoms in total. The van der Waals surface area contributed by atoms with Crippen LogP contribution in [0.25, 0.3) is 0 Å². The quantitative estimate of drug-likeness (QED) is 0.723. The van der Waals surface area contributed by atoms with Crippen LogP contribution >= 0.6 is 0 Å². The van der Waals surface area contributed by atoms with Gasteiger partial charge in [-0.25, -0.2) is 0 Å². The van der Waals surface area contributed by atoms with Crippen molar-refractivity contribution in [2.75, 3.05) is 0 Å². The predicted octanol–water partition coefficient (Wildman–Crippen LogP) is 2.39. The molecule has 2 N–H and O–H groups in total. The average Bonchev–Trinajstić information content (AvgIpc) is 2.27. The third-order valence-electron chi connectivity index (χ3n) is 2.47. The van der Waals surface area contributed by atoms with Gasteiger partial charge in [0.15, 0.2) is 5.78 Å². The molecular weight excluding hydrogens is 235 g/mol. The molecule has 0 bridgehead atoms. The van der Waals surface area contributed by atoms with Crippen LogP contribution in [0.5, 0.6) is 0 Å². The Morgan fingerprint density at radius 2 is 1.67 bits per heavy atom. The predicted molar refractivity (Wildman–Crippen MR) is 71.7 cm³/mol.